The molecule has 24 heavy (non-hydrogen) atoms. The van der Waals surface area contributed by atoms with Crippen molar-refractivity contribution < 1.29 is 0 Å². The maximum absolute atomic E-state index is 9.49. The lowest BCUT2D eigenvalue weighted by atomic mass is 10.1. The van der Waals surface area contributed by atoms with Crippen LogP contribution >= 0.6 is 34.5 Å². The third-order valence-corrected chi connectivity index (χ3v) is 4.84. The van der Waals surface area contributed by atoms with Gasteiger partial charge >= 0.3 is 0 Å². The number of halogens is 2. The van der Waals surface area contributed by atoms with Gasteiger partial charge in [-0.2, -0.15) is 5.26 Å². The summed E-state index contributed by atoms with van der Waals surface area (Å²) in [6, 6.07) is 15.5. The van der Waals surface area contributed by atoms with E-state index in [1.54, 1.807) is 12.1 Å². The predicted molar refractivity (Wildman–Crippen MR) is 102 cm³/mol. The second kappa shape index (κ2) is 7.19. The topological polar surface area (TPSA) is 36.7 Å². The third kappa shape index (κ3) is 3.68. The zero-order chi connectivity index (χ0) is 17.1. The number of hydrogen-bond donors (Lipinski definition) is 0. The first-order valence-corrected chi connectivity index (χ1v) is 8.80. The van der Waals surface area contributed by atoms with E-state index in [2.05, 4.69) is 11.1 Å². The van der Waals surface area contributed by atoms with E-state index in [0.29, 0.717) is 20.6 Å². The summed E-state index contributed by atoms with van der Waals surface area (Å²) in [5, 5.41) is 13.2. The van der Waals surface area contributed by atoms with Crippen LogP contribution in [0.5, 0.6) is 0 Å². The molecule has 0 N–H and O–H groups in total. The Morgan fingerprint density at radius 1 is 1.21 bits per heavy atom. The number of aryl methyl sites for hydroxylation is 1. The van der Waals surface area contributed by atoms with Crippen molar-refractivity contribution in [3.05, 3.63) is 74.0 Å². The molecule has 1 heterocycles. The molecule has 0 fully saturated rings. The number of rotatable bonds is 3. The van der Waals surface area contributed by atoms with Crippen molar-refractivity contribution in [1.29, 1.82) is 5.26 Å². The summed E-state index contributed by atoms with van der Waals surface area (Å²) in [7, 11) is 0. The third-order valence-electron chi connectivity index (χ3n) is 3.42. The number of hydrogen-bond acceptors (Lipinski definition) is 3. The molecule has 0 saturated carbocycles. The van der Waals surface area contributed by atoms with E-state index >= 15 is 0 Å². The predicted octanol–water partition coefficient (Wildman–Crippen LogP) is 6.49. The van der Waals surface area contributed by atoms with Crippen molar-refractivity contribution in [2.75, 3.05) is 0 Å². The molecule has 0 atom stereocenters. The minimum atomic E-state index is 0.530. The largest absolute Gasteiger partial charge is 0.235 e. The molecule has 1 aromatic heterocycles. The summed E-state index contributed by atoms with van der Waals surface area (Å²) in [6.45, 7) is 2.02. The van der Waals surface area contributed by atoms with Crippen molar-refractivity contribution in [2.24, 2.45) is 0 Å². The van der Waals surface area contributed by atoms with Crippen molar-refractivity contribution in [1.82, 2.24) is 4.98 Å². The molecule has 0 unspecified atom stereocenters. The molecule has 2 nitrogen and oxygen atoms in total. The summed E-state index contributed by atoms with van der Waals surface area (Å²) in [5.41, 5.74) is 4.20. The molecule has 0 amide bonds. The molecule has 0 aliphatic heterocycles. The fraction of sp³-hybridized carbons (Fsp3) is 0.0526. The Kier molecular flexibility index (Phi) is 5.01. The van der Waals surface area contributed by atoms with Crippen LogP contribution in [-0.2, 0) is 0 Å². The molecule has 3 aromatic rings. The van der Waals surface area contributed by atoms with Gasteiger partial charge in [-0.25, -0.2) is 4.98 Å². The lowest BCUT2D eigenvalue weighted by Crippen LogP contribution is -1.84. The van der Waals surface area contributed by atoms with Crippen molar-refractivity contribution >= 4 is 46.2 Å². The lowest BCUT2D eigenvalue weighted by Gasteiger charge is -2.01. The van der Waals surface area contributed by atoms with E-state index in [9.17, 15) is 5.26 Å². The van der Waals surface area contributed by atoms with E-state index in [1.165, 1.54) is 11.3 Å². The van der Waals surface area contributed by atoms with E-state index in [1.807, 2.05) is 48.7 Å². The maximum atomic E-state index is 9.49. The summed E-state index contributed by atoms with van der Waals surface area (Å²) in [4.78, 5) is 4.56. The zero-order valence-corrected chi connectivity index (χ0v) is 15.1. The number of thiazole rings is 1. The Hall–Kier alpha value is -2.12. The molecule has 0 aliphatic rings. The second-order valence-corrected chi connectivity index (χ2v) is 6.95. The van der Waals surface area contributed by atoms with E-state index in [4.69, 9.17) is 23.2 Å². The molecular weight excluding hydrogens is 359 g/mol. The van der Waals surface area contributed by atoms with Gasteiger partial charge in [-0.15, -0.1) is 11.3 Å². The highest BCUT2D eigenvalue weighted by atomic mass is 35.5. The molecule has 2 aromatic carbocycles. The Labute approximate surface area is 154 Å². The summed E-state index contributed by atoms with van der Waals surface area (Å²) >= 11 is 13.6. The van der Waals surface area contributed by atoms with Gasteiger partial charge in [-0.05, 0) is 36.8 Å². The maximum Gasteiger partial charge on any atom is 0.134 e. The fourth-order valence-corrected chi connectivity index (χ4v) is 3.58. The van der Waals surface area contributed by atoms with Crippen LogP contribution in [0, 0.1) is 18.3 Å². The molecule has 5 heteroatoms. The summed E-state index contributed by atoms with van der Waals surface area (Å²) in [6.07, 6.45) is 1.85. The first kappa shape index (κ1) is 16.7. The SMILES string of the molecule is Cc1cccc(/C=C(\C#N)c2nc(-c3ccc(Cl)cc3Cl)cs2)c1. The minimum Gasteiger partial charge on any atom is -0.235 e. The number of aromatic nitrogens is 1. The number of nitrogens with zero attached hydrogens (tertiary/aromatic N) is 2. The average molecular weight is 371 g/mol. The molecule has 3 rings (SSSR count). The summed E-state index contributed by atoms with van der Waals surface area (Å²) in [5.74, 6) is 0. The van der Waals surface area contributed by atoms with Gasteiger partial charge in [0.05, 0.1) is 16.3 Å². The Bertz CT molecular complexity index is 967. The van der Waals surface area contributed by atoms with Gasteiger partial charge in [0.2, 0.25) is 0 Å². The number of nitriles is 1. The van der Waals surface area contributed by atoms with E-state index < -0.39 is 0 Å². The number of allylic oxidation sites excluding steroid dienone is 1. The van der Waals surface area contributed by atoms with Crippen LogP contribution in [0.15, 0.2) is 47.8 Å². The van der Waals surface area contributed by atoms with Crippen LogP contribution in [0.3, 0.4) is 0 Å². The highest BCUT2D eigenvalue weighted by Crippen LogP contribution is 2.33. The summed E-state index contributed by atoms with van der Waals surface area (Å²) < 4.78 is 0. The monoisotopic (exact) mass is 370 g/mol. The van der Waals surface area contributed by atoms with E-state index in [-0.39, 0.29) is 0 Å². The highest BCUT2D eigenvalue weighted by molar-refractivity contribution is 7.11. The van der Waals surface area contributed by atoms with Gasteiger partial charge in [0, 0.05) is 16.0 Å². The normalized spacial score (nSPS) is 11.3. The second-order valence-electron chi connectivity index (χ2n) is 5.25. The Morgan fingerprint density at radius 2 is 2.04 bits per heavy atom. The number of benzene rings is 2. The van der Waals surface area contributed by atoms with Crippen LogP contribution in [0.1, 0.15) is 16.1 Å². The van der Waals surface area contributed by atoms with Crippen LogP contribution in [0.25, 0.3) is 22.9 Å². The molecule has 0 spiro atoms. The van der Waals surface area contributed by atoms with Gasteiger partial charge in [0.1, 0.15) is 11.1 Å². The zero-order valence-electron chi connectivity index (χ0n) is 12.8. The molecule has 0 aliphatic carbocycles. The van der Waals surface area contributed by atoms with Crippen LogP contribution in [-0.4, -0.2) is 4.98 Å². The highest BCUT2D eigenvalue weighted by Gasteiger charge is 2.11. The van der Waals surface area contributed by atoms with E-state index in [0.717, 1.165) is 22.4 Å². The fourth-order valence-electron chi connectivity index (χ4n) is 2.29. The lowest BCUT2D eigenvalue weighted by molar-refractivity contribution is 1.37. The van der Waals surface area contributed by atoms with Gasteiger partial charge in [-0.3, -0.25) is 0 Å². The molecular formula is C19H12Cl2N2S. The first-order chi connectivity index (χ1) is 11.6. The minimum absolute atomic E-state index is 0.530. The molecule has 118 valence electrons. The molecule has 0 radical (unpaired) electrons. The first-order valence-electron chi connectivity index (χ1n) is 7.16. The van der Waals surface area contributed by atoms with Crippen LogP contribution < -0.4 is 0 Å². The van der Waals surface area contributed by atoms with Crippen LogP contribution in [0.4, 0.5) is 0 Å². The Balaban J connectivity index is 1.98. The van der Waals surface area contributed by atoms with Crippen LogP contribution in [0.2, 0.25) is 10.0 Å². The quantitative estimate of drug-likeness (QED) is 0.494. The average Bonchev–Trinajstić information content (AvgIpc) is 3.02. The van der Waals surface area contributed by atoms with Crippen molar-refractivity contribution in [3.8, 4) is 17.3 Å². The Morgan fingerprint density at radius 3 is 2.75 bits per heavy atom. The van der Waals surface area contributed by atoms with Gasteiger partial charge in [0.15, 0.2) is 0 Å². The van der Waals surface area contributed by atoms with Gasteiger partial charge in [0.25, 0.3) is 0 Å². The van der Waals surface area contributed by atoms with Crippen molar-refractivity contribution in [2.45, 2.75) is 6.92 Å². The standard InChI is InChI=1S/C19H12Cl2N2S/c1-12-3-2-4-13(7-12)8-14(10-22)19-23-18(11-24-19)16-6-5-15(20)9-17(16)21/h2-9,11H,1H3/b14-8+. The van der Waals surface area contributed by atoms with Gasteiger partial charge in [-0.1, -0.05) is 53.0 Å². The smallest absolute Gasteiger partial charge is 0.134 e. The molecule has 0 saturated heterocycles. The van der Waals surface area contributed by atoms with Crippen molar-refractivity contribution in [3.63, 3.8) is 0 Å². The molecule has 0 bridgehead atoms. The van der Waals surface area contributed by atoms with Gasteiger partial charge < -0.3 is 0 Å².